The molecule has 1 aliphatic carbocycles. The number of para-hydroxylation sites is 1. The van der Waals surface area contributed by atoms with Crippen LogP contribution in [0.5, 0.6) is 0 Å². The van der Waals surface area contributed by atoms with Gasteiger partial charge in [0.05, 0.1) is 17.1 Å². The maximum absolute atomic E-state index is 12.5. The number of carbonyl (C=O) groups is 2. The smallest absolute Gasteiger partial charge is 0.293 e. The largest absolute Gasteiger partial charge is 0.761 e. The number of anilines is 1. The molecule has 11 nitrogen and oxygen atoms in total. The van der Waals surface area contributed by atoms with E-state index in [1.807, 2.05) is 0 Å². The van der Waals surface area contributed by atoms with E-state index in [9.17, 15) is 30.4 Å². The number of aryl methyl sites for hydroxylation is 1. The summed E-state index contributed by atoms with van der Waals surface area (Å²) < 4.78 is 0. The number of fused-ring (bicyclic) bond motifs is 1. The minimum Gasteiger partial charge on any atom is -0.761 e. The van der Waals surface area contributed by atoms with Crippen LogP contribution in [0.1, 0.15) is 17.3 Å². The van der Waals surface area contributed by atoms with Gasteiger partial charge in [0.25, 0.3) is 5.91 Å². The lowest BCUT2D eigenvalue weighted by atomic mass is 10.1. The first-order valence-corrected chi connectivity index (χ1v) is 8.30. The number of benzene rings is 2. The van der Waals surface area contributed by atoms with E-state index in [1.165, 1.54) is 12.1 Å². The highest BCUT2D eigenvalue weighted by Crippen LogP contribution is 2.23. The first-order chi connectivity index (χ1) is 13.8. The molecule has 1 aromatic rings. The summed E-state index contributed by atoms with van der Waals surface area (Å²) in [5.41, 5.74) is 1.33. The van der Waals surface area contributed by atoms with Crippen LogP contribution in [0, 0.1) is 22.5 Å². The lowest BCUT2D eigenvalue weighted by molar-refractivity contribution is -0.148. The third-order valence-electron chi connectivity index (χ3n) is 4.19. The molecule has 0 saturated heterocycles. The van der Waals surface area contributed by atoms with E-state index in [0.717, 1.165) is 12.3 Å². The average Bonchev–Trinajstić information content (AvgIpc) is 2.68. The molecule has 1 unspecified atom stereocenters. The SMILES string of the molecule is Cc1ccccc1NC(=O)C(=O)C(c1cnc2ccc(=[N+]([O-])[O-])cc-2[nH]1)N([O-])O. The van der Waals surface area contributed by atoms with Crippen molar-refractivity contribution in [3.8, 4) is 11.4 Å². The Labute approximate surface area is 163 Å². The maximum atomic E-state index is 12.5. The number of carbonyl (C=O) groups excluding carboxylic acids is 2. The molecule has 1 aliphatic heterocycles. The summed E-state index contributed by atoms with van der Waals surface area (Å²) in [4.78, 5) is 30.9. The fraction of sp³-hybridized carbons (Fsp3) is 0.111. The molecule has 1 aromatic carbocycles. The van der Waals surface area contributed by atoms with E-state index in [2.05, 4.69) is 15.3 Å². The predicted octanol–water partition coefficient (Wildman–Crippen LogP) is 1.03. The normalized spacial score (nSPS) is 12.0. The van der Waals surface area contributed by atoms with Crippen molar-refractivity contribution in [2.45, 2.75) is 13.0 Å². The summed E-state index contributed by atoms with van der Waals surface area (Å²) in [6.45, 7) is 1.72. The minimum absolute atomic E-state index is 0.149. The van der Waals surface area contributed by atoms with Crippen LogP contribution < -0.4 is 15.6 Å². The molecule has 1 amide bonds. The molecule has 1 heterocycles. The molecule has 11 heteroatoms. The second-order valence-electron chi connectivity index (χ2n) is 6.14. The van der Waals surface area contributed by atoms with Crippen LogP contribution in [-0.4, -0.2) is 32.1 Å². The molecule has 0 saturated carbocycles. The number of nitrogens with zero attached hydrogens (tertiary/aromatic N) is 3. The molecule has 0 aromatic heterocycles. The van der Waals surface area contributed by atoms with E-state index in [1.54, 1.807) is 31.2 Å². The molecular weight excluding hydrogens is 382 g/mol. The van der Waals surface area contributed by atoms with E-state index < -0.39 is 27.9 Å². The first-order valence-electron chi connectivity index (χ1n) is 8.30. The maximum Gasteiger partial charge on any atom is 0.293 e. The Bertz CT molecular complexity index is 1110. The Kier molecular flexibility index (Phi) is 5.54. The third kappa shape index (κ3) is 4.21. The van der Waals surface area contributed by atoms with Gasteiger partial charge in [0.2, 0.25) is 11.1 Å². The van der Waals surface area contributed by atoms with Crippen molar-refractivity contribution in [1.29, 1.82) is 0 Å². The van der Waals surface area contributed by atoms with Crippen molar-refractivity contribution in [2.24, 2.45) is 0 Å². The highest BCUT2D eigenvalue weighted by atomic mass is 16.8. The summed E-state index contributed by atoms with van der Waals surface area (Å²) in [6.07, 6.45) is 1.10. The molecule has 1 atom stereocenters. The number of nitrogens with one attached hydrogen (secondary N) is 2. The highest BCUT2D eigenvalue weighted by Gasteiger charge is 2.30. The van der Waals surface area contributed by atoms with Gasteiger partial charge in [0, 0.05) is 24.0 Å². The number of H-pyrrole nitrogens is 1. The second-order valence-corrected chi connectivity index (χ2v) is 6.14. The van der Waals surface area contributed by atoms with Gasteiger partial charge in [-0.2, -0.15) is 4.90 Å². The summed E-state index contributed by atoms with van der Waals surface area (Å²) in [6, 6.07) is 8.55. The monoisotopic (exact) mass is 397 g/mol. The molecule has 150 valence electrons. The Hall–Kier alpha value is -3.80. The van der Waals surface area contributed by atoms with Crippen molar-refractivity contribution >= 4 is 17.4 Å². The molecule has 3 rings (SSSR count). The topological polar surface area (TPSA) is 171 Å². The van der Waals surface area contributed by atoms with Crippen LogP contribution in [0.15, 0.2) is 48.7 Å². The number of amides is 1. The lowest BCUT2D eigenvalue weighted by Gasteiger charge is -2.29. The number of hydrogen-bond acceptors (Lipinski definition) is 8. The van der Waals surface area contributed by atoms with Crippen LogP contribution >= 0.6 is 0 Å². The lowest BCUT2D eigenvalue weighted by Crippen LogP contribution is -2.36. The fourth-order valence-electron chi connectivity index (χ4n) is 2.70. The zero-order valence-corrected chi connectivity index (χ0v) is 15.0. The molecule has 29 heavy (non-hydrogen) atoms. The van der Waals surface area contributed by atoms with E-state index in [0.29, 0.717) is 16.9 Å². The van der Waals surface area contributed by atoms with Gasteiger partial charge in [0.1, 0.15) is 6.04 Å². The van der Waals surface area contributed by atoms with Crippen LogP contribution in [0.3, 0.4) is 0 Å². The van der Waals surface area contributed by atoms with Gasteiger partial charge in [-0.25, -0.2) is 5.23 Å². The second kappa shape index (κ2) is 8.06. The quantitative estimate of drug-likeness (QED) is 0.423. The van der Waals surface area contributed by atoms with Gasteiger partial charge in [-0.15, -0.1) is 0 Å². The number of aromatic nitrogens is 2. The summed E-state index contributed by atoms with van der Waals surface area (Å²) in [5, 5.41) is 44.4. The predicted molar refractivity (Wildman–Crippen MR) is 102 cm³/mol. The van der Waals surface area contributed by atoms with Crippen LogP contribution in [0.4, 0.5) is 5.69 Å². The van der Waals surface area contributed by atoms with E-state index in [4.69, 9.17) is 0 Å². The van der Waals surface area contributed by atoms with Gasteiger partial charge >= 0.3 is 0 Å². The first kappa shape index (κ1) is 19.9. The molecule has 3 N–H and O–H groups in total. The Morgan fingerprint density at radius 2 is 1.97 bits per heavy atom. The molecule has 0 spiro atoms. The molecule has 0 radical (unpaired) electrons. The van der Waals surface area contributed by atoms with Crippen LogP contribution in [0.25, 0.3) is 11.4 Å². The van der Waals surface area contributed by atoms with E-state index in [-0.39, 0.29) is 16.7 Å². The summed E-state index contributed by atoms with van der Waals surface area (Å²) in [7, 11) is 0. The molecule has 0 bridgehead atoms. The van der Waals surface area contributed by atoms with E-state index >= 15 is 0 Å². The van der Waals surface area contributed by atoms with Crippen molar-refractivity contribution in [2.75, 3.05) is 5.32 Å². The van der Waals surface area contributed by atoms with Crippen molar-refractivity contribution < 1.29 is 14.8 Å². The van der Waals surface area contributed by atoms with Crippen molar-refractivity contribution in [1.82, 2.24) is 20.1 Å². The average molecular weight is 397 g/mol. The van der Waals surface area contributed by atoms with Gasteiger partial charge in [-0.3, -0.25) is 14.6 Å². The molecule has 2 aliphatic rings. The fourth-order valence-corrected chi connectivity index (χ4v) is 2.70. The van der Waals surface area contributed by atoms with Crippen molar-refractivity contribution in [3.63, 3.8) is 0 Å². The Morgan fingerprint density at radius 3 is 2.62 bits per heavy atom. The number of hydrogen-bond donors (Lipinski definition) is 3. The minimum atomic E-state index is -1.94. The van der Waals surface area contributed by atoms with Gasteiger partial charge < -0.3 is 31.1 Å². The summed E-state index contributed by atoms with van der Waals surface area (Å²) in [5.74, 6) is -2.36. The van der Waals surface area contributed by atoms with Gasteiger partial charge in [-0.1, -0.05) is 18.2 Å². The molecule has 0 fully saturated rings. The zero-order chi connectivity index (χ0) is 21.1. The standard InChI is InChI=1S/C18H15N5O6/c1-10-4-2-3-5-12(10)21-18(25)17(24)16(23(28)29)15-9-19-13-7-6-11(22(26)27)8-14(13)20-15/h2-9,16,28H,1H3,(H2-,19,20,21,24,25,26,27)/q-2. The zero-order valence-electron chi connectivity index (χ0n) is 15.0. The summed E-state index contributed by atoms with van der Waals surface area (Å²) >= 11 is 0. The number of rotatable bonds is 5. The number of hydroxylamine groups is 2. The Morgan fingerprint density at radius 1 is 1.24 bits per heavy atom. The number of Topliss-reactive ketones (excluding diaryl/α,β-unsaturated/α-hetero) is 1. The number of aromatic amines is 1. The highest BCUT2D eigenvalue weighted by molar-refractivity contribution is 6.42. The van der Waals surface area contributed by atoms with Crippen LogP contribution in [-0.2, 0) is 9.59 Å². The number of ketones is 1. The Balaban J connectivity index is 1.96. The third-order valence-corrected chi connectivity index (χ3v) is 4.19. The van der Waals surface area contributed by atoms with Crippen LogP contribution in [0.2, 0.25) is 0 Å². The van der Waals surface area contributed by atoms with Gasteiger partial charge in [-0.05, 0) is 24.6 Å². The molecular formula is C18H15N5O6-2. The van der Waals surface area contributed by atoms with Crippen molar-refractivity contribution in [3.05, 3.63) is 80.9 Å². The van der Waals surface area contributed by atoms with Gasteiger partial charge in [0.15, 0.2) is 0 Å².